The lowest BCUT2D eigenvalue weighted by atomic mass is 9.72. The molecule has 1 aromatic heterocycles. The lowest BCUT2D eigenvalue weighted by Crippen LogP contribution is -2.50. The molecule has 144 valence electrons. The number of hydrogen-bond donors (Lipinski definition) is 0. The summed E-state index contributed by atoms with van der Waals surface area (Å²) >= 11 is 1.72. The van der Waals surface area contributed by atoms with E-state index in [0.29, 0.717) is 24.5 Å². The van der Waals surface area contributed by atoms with E-state index in [9.17, 15) is 4.79 Å². The Bertz CT molecular complexity index is 657. The molecule has 0 spiro atoms. The largest absolute Gasteiger partial charge is 0.348 e. The van der Waals surface area contributed by atoms with Crippen LogP contribution in [0, 0.1) is 11.3 Å². The number of hydrogen-bond acceptors (Lipinski definition) is 4. The summed E-state index contributed by atoms with van der Waals surface area (Å²) in [6.07, 6.45) is 6.43. The van der Waals surface area contributed by atoms with Gasteiger partial charge >= 0.3 is 0 Å². The molecule has 2 unspecified atom stereocenters. The average molecular weight is 378 g/mol. The van der Waals surface area contributed by atoms with Crippen molar-refractivity contribution < 1.29 is 14.3 Å². The normalized spacial score (nSPS) is 27.6. The summed E-state index contributed by atoms with van der Waals surface area (Å²) in [5.41, 5.74) is 1.74. The molecule has 26 heavy (non-hydrogen) atoms. The minimum Gasteiger partial charge on any atom is -0.348 e. The van der Waals surface area contributed by atoms with Gasteiger partial charge in [-0.15, -0.1) is 11.3 Å². The minimum absolute atomic E-state index is 0.0696. The second kappa shape index (κ2) is 7.25. The zero-order chi connectivity index (χ0) is 18.3. The Morgan fingerprint density at radius 1 is 1.19 bits per heavy atom. The summed E-state index contributed by atoms with van der Waals surface area (Å²) in [6.45, 7) is 9.11. The van der Waals surface area contributed by atoms with Crippen molar-refractivity contribution in [2.24, 2.45) is 11.3 Å². The summed E-state index contributed by atoms with van der Waals surface area (Å²) in [5, 5.41) is 0. The number of piperidine rings is 1. The van der Waals surface area contributed by atoms with Gasteiger partial charge in [0, 0.05) is 11.4 Å². The molecule has 2 atom stereocenters. The highest BCUT2D eigenvalue weighted by Gasteiger charge is 2.38. The molecule has 3 heterocycles. The van der Waals surface area contributed by atoms with Crippen LogP contribution >= 0.6 is 11.3 Å². The van der Waals surface area contributed by atoms with Crippen LogP contribution in [0.25, 0.3) is 0 Å². The van der Waals surface area contributed by atoms with Crippen LogP contribution in [0.5, 0.6) is 0 Å². The van der Waals surface area contributed by atoms with Crippen molar-refractivity contribution in [3.63, 3.8) is 0 Å². The molecule has 4 rings (SSSR count). The van der Waals surface area contributed by atoms with Crippen LogP contribution in [0.1, 0.15) is 66.6 Å². The molecule has 2 fully saturated rings. The number of rotatable bonds is 2. The highest BCUT2D eigenvalue weighted by Crippen LogP contribution is 2.40. The topological polar surface area (TPSA) is 38.8 Å². The van der Waals surface area contributed by atoms with Gasteiger partial charge in [0.1, 0.15) is 0 Å². The maximum absolute atomic E-state index is 13.3. The molecule has 1 aliphatic carbocycles. The zero-order valence-electron chi connectivity index (χ0n) is 16.3. The molecular formula is C21H31NO3S. The van der Waals surface area contributed by atoms with Crippen LogP contribution in [0.2, 0.25) is 0 Å². The first-order chi connectivity index (χ1) is 12.4. The Balaban J connectivity index is 1.52. The van der Waals surface area contributed by atoms with Gasteiger partial charge < -0.3 is 14.4 Å². The van der Waals surface area contributed by atoms with Gasteiger partial charge in [0.15, 0.2) is 6.29 Å². The summed E-state index contributed by atoms with van der Waals surface area (Å²) in [5.74, 6) is 0.885. The lowest BCUT2D eigenvalue weighted by Gasteiger charge is -2.37. The summed E-state index contributed by atoms with van der Waals surface area (Å²) < 4.78 is 11.5. The molecule has 2 saturated heterocycles. The Labute approximate surface area is 160 Å². The van der Waals surface area contributed by atoms with Crippen molar-refractivity contribution in [2.75, 3.05) is 19.8 Å². The number of likely N-dealkylation sites (tertiary alicyclic amines) is 1. The molecule has 0 bridgehead atoms. The number of thiophene rings is 1. The lowest BCUT2D eigenvalue weighted by molar-refractivity contribution is -0.100. The van der Waals surface area contributed by atoms with Gasteiger partial charge in [0.05, 0.1) is 24.1 Å². The minimum atomic E-state index is -0.237. The Morgan fingerprint density at radius 3 is 2.69 bits per heavy atom. The average Bonchev–Trinajstić information content (AvgIpc) is 3.29. The fourth-order valence-electron chi connectivity index (χ4n) is 4.60. The predicted octanol–water partition coefficient (Wildman–Crippen LogP) is 4.27. The number of nitrogens with zero attached hydrogens (tertiary/aromatic N) is 1. The number of amides is 1. The Kier molecular flexibility index (Phi) is 5.15. The van der Waals surface area contributed by atoms with Gasteiger partial charge in [0.2, 0.25) is 0 Å². The van der Waals surface area contributed by atoms with Crippen LogP contribution in [-0.2, 0) is 22.3 Å². The van der Waals surface area contributed by atoms with Crippen molar-refractivity contribution in [2.45, 2.75) is 71.6 Å². The predicted molar refractivity (Wildman–Crippen MR) is 104 cm³/mol. The molecule has 2 aliphatic heterocycles. The second-order valence-electron chi connectivity index (χ2n) is 9.04. The van der Waals surface area contributed by atoms with Gasteiger partial charge in [-0.25, -0.2) is 0 Å². The molecule has 3 aliphatic rings. The van der Waals surface area contributed by atoms with Crippen molar-refractivity contribution in [3.05, 3.63) is 21.4 Å². The van der Waals surface area contributed by atoms with Crippen LogP contribution in [-0.4, -0.2) is 42.9 Å². The standard InChI is InChI=1S/C21H31NO3S/c1-21(2,3)15-7-8-17-14(12-15)13-18(26-17)19(23)22-9-5-4-6-16(22)20-24-10-11-25-20/h13,15-16,20H,4-12H2,1-3H3. The number of carbonyl (C=O) groups excluding carboxylic acids is 1. The van der Waals surface area contributed by atoms with E-state index in [4.69, 9.17) is 9.47 Å². The van der Waals surface area contributed by atoms with Crippen LogP contribution in [0.4, 0.5) is 0 Å². The quantitative estimate of drug-likeness (QED) is 0.773. The summed E-state index contributed by atoms with van der Waals surface area (Å²) in [4.78, 5) is 17.7. The van der Waals surface area contributed by atoms with E-state index in [1.54, 1.807) is 11.3 Å². The first kappa shape index (κ1) is 18.5. The molecule has 4 nitrogen and oxygen atoms in total. The van der Waals surface area contributed by atoms with Crippen LogP contribution in [0.15, 0.2) is 6.07 Å². The Morgan fingerprint density at radius 2 is 1.96 bits per heavy atom. The summed E-state index contributed by atoms with van der Waals surface area (Å²) in [6, 6.07) is 2.25. The highest BCUT2D eigenvalue weighted by molar-refractivity contribution is 7.14. The fourth-order valence-corrected chi connectivity index (χ4v) is 5.77. The van der Waals surface area contributed by atoms with Crippen LogP contribution in [0.3, 0.4) is 0 Å². The second-order valence-corrected chi connectivity index (χ2v) is 10.2. The van der Waals surface area contributed by atoms with Crippen molar-refractivity contribution in [1.29, 1.82) is 0 Å². The van der Waals surface area contributed by atoms with Gasteiger partial charge in [0.25, 0.3) is 5.91 Å². The number of ether oxygens (including phenoxy) is 2. The molecular weight excluding hydrogens is 346 g/mol. The smallest absolute Gasteiger partial charge is 0.264 e. The number of aryl methyl sites for hydroxylation is 1. The molecule has 5 heteroatoms. The molecule has 0 aromatic carbocycles. The van der Waals surface area contributed by atoms with Crippen molar-refractivity contribution in [3.8, 4) is 0 Å². The van der Waals surface area contributed by atoms with E-state index in [1.807, 2.05) is 4.90 Å². The maximum Gasteiger partial charge on any atom is 0.264 e. The summed E-state index contributed by atoms with van der Waals surface area (Å²) in [7, 11) is 0. The van der Waals surface area contributed by atoms with Gasteiger partial charge in [-0.3, -0.25) is 4.79 Å². The first-order valence-corrected chi connectivity index (χ1v) is 10.9. The van der Waals surface area contributed by atoms with E-state index in [-0.39, 0.29) is 18.2 Å². The van der Waals surface area contributed by atoms with E-state index in [2.05, 4.69) is 26.8 Å². The Hall–Kier alpha value is -0.910. The van der Waals surface area contributed by atoms with E-state index in [1.165, 1.54) is 16.9 Å². The fraction of sp³-hybridized carbons (Fsp3) is 0.762. The molecule has 1 amide bonds. The third-order valence-corrected chi connectivity index (χ3v) is 7.52. The van der Waals surface area contributed by atoms with E-state index in [0.717, 1.165) is 43.5 Å². The SMILES string of the molecule is CC(C)(C)C1CCc2sc(C(=O)N3CCCCC3C3OCCO3)cc2C1. The molecule has 0 saturated carbocycles. The molecule has 0 N–H and O–H groups in total. The third-order valence-electron chi connectivity index (χ3n) is 6.29. The van der Waals surface area contributed by atoms with Crippen LogP contribution < -0.4 is 0 Å². The maximum atomic E-state index is 13.3. The van der Waals surface area contributed by atoms with E-state index < -0.39 is 0 Å². The highest BCUT2D eigenvalue weighted by atomic mass is 32.1. The van der Waals surface area contributed by atoms with Crippen molar-refractivity contribution >= 4 is 17.2 Å². The van der Waals surface area contributed by atoms with Gasteiger partial charge in [-0.2, -0.15) is 0 Å². The third kappa shape index (κ3) is 3.58. The monoisotopic (exact) mass is 377 g/mol. The van der Waals surface area contributed by atoms with Crippen molar-refractivity contribution in [1.82, 2.24) is 4.90 Å². The number of fused-ring (bicyclic) bond motifs is 1. The number of carbonyl (C=O) groups is 1. The first-order valence-electron chi connectivity index (χ1n) is 10.1. The molecule has 1 aromatic rings. The van der Waals surface area contributed by atoms with Gasteiger partial charge in [-0.1, -0.05) is 20.8 Å². The molecule has 0 radical (unpaired) electrons. The zero-order valence-corrected chi connectivity index (χ0v) is 17.1. The van der Waals surface area contributed by atoms with Gasteiger partial charge in [-0.05, 0) is 61.5 Å². The van der Waals surface area contributed by atoms with E-state index >= 15 is 0 Å².